The first-order valence-electron chi connectivity index (χ1n) is 17.1. The first-order valence-corrected chi connectivity index (χ1v) is 17.1. The third kappa shape index (κ3) is 10.1. The average molecular weight is 609 g/mol. The fraction of sp³-hybridized carbons (Fsp3) is 0.538. The molecule has 4 rings (SSSR count). The third-order valence-corrected chi connectivity index (χ3v) is 9.01. The molecule has 2 atom stereocenters. The van der Waals surface area contributed by atoms with E-state index in [9.17, 15) is 8.78 Å². The van der Waals surface area contributed by atoms with Crippen molar-refractivity contribution in [3.63, 3.8) is 0 Å². The molecule has 3 aromatic carbocycles. The van der Waals surface area contributed by atoms with Gasteiger partial charge >= 0.3 is 0 Å². The van der Waals surface area contributed by atoms with Crippen molar-refractivity contribution in [3.8, 4) is 28.0 Å². The topological polar surface area (TPSA) is 18.5 Å². The van der Waals surface area contributed by atoms with E-state index < -0.39 is 11.6 Å². The summed E-state index contributed by atoms with van der Waals surface area (Å²) in [5.74, 6) is -1.50. The highest BCUT2D eigenvalue weighted by atomic mass is 19.2. The second-order valence-electron chi connectivity index (χ2n) is 12.5. The van der Waals surface area contributed by atoms with Gasteiger partial charge in [0.25, 0.3) is 0 Å². The molecule has 2 unspecified atom stereocenters. The normalized spacial score (nSPS) is 16.8. The van der Waals surface area contributed by atoms with Gasteiger partial charge in [0.1, 0.15) is 5.82 Å². The molecule has 0 N–H and O–H groups in total. The van der Waals surface area contributed by atoms with Crippen LogP contribution in [0.2, 0.25) is 0 Å². The maximum Gasteiger partial charge on any atom is 0.201 e. The molecule has 0 amide bonds. The van der Waals surface area contributed by atoms with Crippen molar-refractivity contribution < 1.29 is 22.6 Å². The Hall–Kier alpha value is -2.79. The highest BCUT2D eigenvalue weighted by Crippen LogP contribution is 2.33. The lowest BCUT2D eigenvalue weighted by Crippen LogP contribution is -2.25. The molecule has 1 aliphatic heterocycles. The van der Waals surface area contributed by atoms with Crippen LogP contribution in [0, 0.1) is 23.4 Å². The van der Waals surface area contributed by atoms with E-state index in [1.54, 1.807) is 36.4 Å². The van der Waals surface area contributed by atoms with Gasteiger partial charge in [0, 0.05) is 17.7 Å². The highest BCUT2D eigenvalue weighted by Gasteiger charge is 2.21. The molecule has 0 spiro atoms. The zero-order chi connectivity index (χ0) is 31.1. The second-order valence-corrected chi connectivity index (χ2v) is 12.5. The summed E-state index contributed by atoms with van der Waals surface area (Å²) >= 11 is 0. The van der Waals surface area contributed by atoms with Crippen LogP contribution in [0.4, 0.5) is 13.2 Å². The van der Waals surface area contributed by atoms with Gasteiger partial charge in [-0.15, -0.1) is 0 Å². The number of halogens is 3. The molecular formula is C39H51F3O2. The lowest BCUT2D eigenvalue weighted by molar-refractivity contribution is -0.0232. The molecule has 44 heavy (non-hydrogen) atoms. The Morgan fingerprint density at radius 2 is 1.36 bits per heavy atom. The van der Waals surface area contributed by atoms with Gasteiger partial charge in [-0.3, -0.25) is 0 Å². The van der Waals surface area contributed by atoms with Gasteiger partial charge in [0.2, 0.25) is 5.82 Å². The fourth-order valence-corrected chi connectivity index (χ4v) is 6.23. The van der Waals surface area contributed by atoms with Crippen molar-refractivity contribution in [2.24, 2.45) is 5.92 Å². The van der Waals surface area contributed by atoms with E-state index in [0.717, 1.165) is 69.5 Å². The second kappa shape index (κ2) is 18.2. The molecule has 0 bridgehead atoms. The molecule has 3 aromatic rings. The van der Waals surface area contributed by atoms with Gasteiger partial charge in [-0.1, -0.05) is 102 Å². The summed E-state index contributed by atoms with van der Waals surface area (Å²) in [5.41, 5.74) is 2.87. The number of benzene rings is 3. The lowest BCUT2D eigenvalue weighted by Gasteiger charge is -2.29. The molecule has 0 aliphatic carbocycles. The van der Waals surface area contributed by atoms with Crippen LogP contribution >= 0.6 is 0 Å². The Bertz CT molecular complexity index is 1270. The van der Waals surface area contributed by atoms with Crippen LogP contribution in [-0.4, -0.2) is 19.3 Å². The summed E-state index contributed by atoms with van der Waals surface area (Å²) in [4.78, 5) is 0. The van der Waals surface area contributed by atoms with Crippen LogP contribution in [0.1, 0.15) is 109 Å². The van der Waals surface area contributed by atoms with Gasteiger partial charge in [0.05, 0.1) is 12.7 Å². The van der Waals surface area contributed by atoms with E-state index in [1.165, 1.54) is 51.0 Å². The molecule has 240 valence electrons. The number of ether oxygens (including phenoxy) is 2. The van der Waals surface area contributed by atoms with E-state index in [0.29, 0.717) is 29.4 Å². The largest absolute Gasteiger partial charge is 0.490 e. The van der Waals surface area contributed by atoms with Crippen LogP contribution in [0.5, 0.6) is 5.75 Å². The molecular weight excluding hydrogens is 557 g/mol. The quantitative estimate of drug-likeness (QED) is 0.134. The van der Waals surface area contributed by atoms with Crippen molar-refractivity contribution >= 4 is 0 Å². The van der Waals surface area contributed by atoms with Crippen LogP contribution in [-0.2, 0) is 11.2 Å². The Kier molecular flexibility index (Phi) is 14.1. The SMILES string of the molecule is CCCCCCCOc1ccc(-c2ccc(-c3ccc(CCCCC4CCC(CCCCC)CO4)cc3F)cc2)c(F)c1F. The molecule has 1 fully saturated rings. The third-order valence-electron chi connectivity index (χ3n) is 9.01. The zero-order valence-corrected chi connectivity index (χ0v) is 26.8. The summed E-state index contributed by atoms with van der Waals surface area (Å²) in [6.07, 6.45) is 17.3. The summed E-state index contributed by atoms with van der Waals surface area (Å²) < 4.78 is 56.4. The minimum atomic E-state index is -0.973. The Morgan fingerprint density at radius 1 is 0.682 bits per heavy atom. The minimum absolute atomic E-state index is 0.0610. The highest BCUT2D eigenvalue weighted by molar-refractivity contribution is 5.71. The zero-order valence-electron chi connectivity index (χ0n) is 26.8. The predicted octanol–water partition coefficient (Wildman–Crippen LogP) is 11.9. The van der Waals surface area contributed by atoms with Crippen molar-refractivity contribution in [1.82, 2.24) is 0 Å². The molecule has 2 nitrogen and oxygen atoms in total. The van der Waals surface area contributed by atoms with Crippen molar-refractivity contribution in [2.45, 2.75) is 116 Å². The number of hydrogen-bond acceptors (Lipinski definition) is 2. The lowest BCUT2D eigenvalue weighted by atomic mass is 9.91. The number of rotatable bonds is 18. The first-order chi connectivity index (χ1) is 21.5. The molecule has 0 saturated carbocycles. The monoisotopic (exact) mass is 608 g/mol. The standard InChI is InChI=1S/C39H51F3O2/c1-3-5-7-8-12-26-43-37-25-24-35(38(41)39(37)42)32-20-18-31(19-21-32)34-23-17-29(27-36(34)40)13-10-11-15-33-22-16-30(28-44-33)14-9-6-4-2/h17-21,23-25,27,30,33H,3-16,22,26,28H2,1-2H3. The Balaban J connectivity index is 1.24. The van der Waals surface area contributed by atoms with Gasteiger partial charge in [0.15, 0.2) is 11.6 Å². The van der Waals surface area contributed by atoms with E-state index in [2.05, 4.69) is 13.8 Å². The predicted molar refractivity (Wildman–Crippen MR) is 176 cm³/mol. The van der Waals surface area contributed by atoms with Crippen LogP contribution in [0.3, 0.4) is 0 Å². The number of hydrogen-bond donors (Lipinski definition) is 0. The Morgan fingerprint density at radius 3 is 2.07 bits per heavy atom. The smallest absolute Gasteiger partial charge is 0.201 e. The summed E-state index contributed by atoms with van der Waals surface area (Å²) in [5, 5.41) is 0. The van der Waals surface area contributed by atoms with Gasteiger partial charge < -0.3 is 9.47 Å². The summed E-state index contributed by atoms with van der Waals surface area (Å²) in [7, 11) is 0. The van der Waals surface area contributed by atoms with Crippen LogP contribution < -0.4 is 4.74 Å². The average Bonchev–Trinajstić information content (AvgIpc) is 3.04. The Labute approximate surface area is 263 Å². The summed E-state index contributed by atoms with van der Waals surface area (Å²) in [6, 6.07) is 15.4. The molecule has 5 heteroatoms. The van der Waals surface area contributed by atoms with Gasteiger partial charge in [-0.25, -0.2) is 8.78 Å². The van der Waals surface area contributed by atoms with Crippen molar-refractivity contribution in [1.29, 1.82) is 0 Å². The number of aryl methyl sites for hydroxylation is 1. The molecule has 0 aromatic heterocycles. The molecule has 1 heterocycles. The maximum absolute atomic E-state index is 15.1. The van der Waals surface area contributed by atoms with Crippen molar-refractivity contribution in [3.05, 3.63) is 77.6 Å². The van der Waals surface area contributed by atoms with E-state index in [-0.39, 0.29) is 17.1 Å². The fourth-order valence-electron chi connectivity index (χ4n) is 6.23. The van der Waals surface area contributed by atoms with Crippen LogP contribution in [0.15, 0.2) is 54.6 Å². The van der Waals surface area contributed by atoms with Gasteiger partial charge in [-0.2, -0.15) is 4.39 Å². The number of unbranched alkanes of at least 4 members (excludes halogenated alkanes) is 7. The first kappa shape index (κ1) is 34.1. The van der Waals surface area contributed by atoms with E-state index in [4.69, 9.17) is 9.47 Å². The molecule has 1 saturated heterocycles. The molecule has 0 radical (unpaired) electrons. The van der Waals surface area contributed by atoms with Gasteiger partial charge in [-0.05, 0) is 85.8 Å². The van der Waals surface area contributed by atoms with E-state index in [1.807, 2.05) is 12.1 Å². The van der Waals surface area contributed by atoms with Crippen LogP contribution in [0.25, 0.3) is 22.3 Å². The van der Waals surface area contributed by atoms with Crippen molar-refractivity contribution in [2.75, 3.05) is 13.2 Å². The van der Waals surface area contributed by atoms with E-state index >= 15 is 4.39 Å². The minimum Gasteiger partial charge on any atom is -0.490 e. The summed E-state index contributed by atoms with van der Waals surface area (Å²) in [6.45, 7) is 5.68. The molecule has 1 aliphatic rings. The maximum atomic E-state index is 15.1.